The molecule has 3 amide bonds. The van der Waals surface area contributed by atoms with Crippen LogP contribution >= 0.6 is 11.6 Å². The predicted molar refractivity (Wildman–Crippen MR) is 109 cm³/mol. The highest BCUT2D eigenvalue weighted by Gasteiger charge is 2.31. The number of amides is 3. The molecule has 9 heteroatoms. The van der Waals surface area contributed by atoms with Crippen LogP contribution in [0.25, 0.3) is 0 Å². The normalized spacial score (nSPS) is 16.5. The Bertz CT molecular complexity index is 952. The van der Waals surface area contributed by atoms with Crippen LogP contribution in [0.5, 0.6) is 0 Å². The summed E-state index contributed by atoms with van der Waals surface area (Å²) in [6, 6.07) is 5.26. The Labute approximate surface area is 174 Å². The fourth-order valence-electron chi connectivity index (χ4n) is 3.77. The fourth-order valence-corrected chi connectivity index (χ4v) is 4.05. The molecule has 29 heavy (non-hydrogen) atoms. The first-order valence-electron chi connectivity index (χ1n) is 9.68. The number of nitrogens with zero attached hydrogens (tertiary/aromatic N) is 4. The predicted octanol–water partition coefficient (Wildman–Crippen LogP) is 2.44. The number of morpholine rings is 1. The summed E-state index contributed by atoms with van der Waals surface area (Å²) in [5.74, 6) is -0.103. The topological polar surface area (TPSA) is 79.7 Å². The summed E-state index contributed by atoms with van der Waals surface area (Å²) in [5.41, 5.74) is 3.84. The first-order valence-corrected chi connectivity index (χ1v) is 10.1. The van der Waals surface area contributed by atoms with Crippen molar-refractivity contribution in [3.63, 3.8) is 0 Å². The van der Waals surface area contributed by atoms with Crippen molar-refractivity contribution < 1.29 is 14.3 Å². The number of benzene rings is 1. The van der Waals surface area contributed by atoms with E-state index < -0.39 is 0 Å². The van der Waals surface area contributed by atoms with E-state index >= 15 is 0 Å². The van der Waals surface area contributed by atoms with Crippen molar-refractivity contribution in [2.45, 2.75) is 19.9 Å². The Morgan fingerprint density at radius 2 is 1.93 bits per heavy atom. The van der Waals surface area contributed by atoms with E-state index in [0.717, 1.165) is 16.8 Å². The Kier molecular flexibility index (Phi) is 5.47. The van der Waals surface area contributed by atoms with Crippen molar-refractivity contribution in [2.24, 2.45) is 7.05 Å². The second kappa shape index (κ2) is 8.04. The smallest absolute Gasteiger partial charge is 0.322 e. The van der Waals surface area contributed by atoms with Gasteiger partial charge in [-0.2, -0.15) is 5.10 Å². The summed E-state index contributed by atoms with van der Waals surface area (Å²) in [6.07, 6.45) is 0.643. The third kappa shape index (κ3) is 3.95. The molecule has 1 N–H and O–H groups in total. The first-order chi connectivity index (χ1) is 13.9. The van der Waals surface area contributed by atoms with Crippen LogP contribution in [0.3, 0.4) is 0 Å². The molecular weight excluding hydrogens is 394 g/mol. The maximum atomic E-state index is 13.0. The number of carbonyl (C=O) groups is 2. The molecule has 1 aromatic heterocycles. The van der Waals surface area contributed by atoms with E-state index in [4.69, 9.17) is 16.3 Å². The average molecular weight is 418 g/mol. The van der Waals surface area contributed by atoms with Gasteiger partial charge < -0.3 is 19.9 Å². The van der Waals surface area contributed by atoms with Crippen molar-refractivity contribution in [1.82, 2.24) is 19.6 Å². The van der Waals surface area contributed by atoms with Crippen LogP contribution in [0.2, 0.25) is 5.02 Å². The number of aryl methyl sites for hydroxylation is 2. The summed E-state index contributed by atoms with van der Waals surface area (Å²) in [7, 11) is 1.84. The number of ether oxygens (including phenoxy) is 1. The number of urea groups is 1. The second-order valence-electron chi connectivity index (χ2n) is 7.39. The number of rotatable bonds is 2. The Hall–Kier alpha value is -2.58. The largest absolute Gasteiger partial charge is 0.378 e. The van der Waals surface area contributed by atoms with Gasteiger partial charge in [-0.3, -0.25) is 9.48 Å². The maximum absolute atomic E-state index is 13.0. The minimum absolute atomic E-state index is 0.103. The van der Waals surface area contributed by atoms with Gasteiger partial charge in [0.25, 0.3) is 5.91 Å². The number of halogens is 1. The van der Waals surface area contributed by atoms with Gasteiger partial charge in [0, 0.05) is 44.4 Å². The molecule has 0 unspecified atom stereocenters. The minimum Gasteiger partial charge on any atom is -0.378 e. The molecule has 0 atom stereocenters. The third-order valence-electron chi connectivity index (χ3n) is 5.40. The molecular formula is C20H24ClN5O3. The molecule has 4 rings (SSSR count). The molecule has 1 fully saturated rings. The van der Waals surface area contributed by atoms with Crippen molar-refractivity contribution in [2.75, 3.05) is 38.2 Å². The minimum atomic E-state index is -0.241. The number of nitrogens with one attached hydrogen (secondary N) is 1. The highest BCUT2D eigenvalue weighted by Crippen LogP contribution is 2.26. The lowest BCUT2D eigenvalue weighted by molar-refractivity contribution is 0.0297. The number of fused-ring (bicyclic) bond motifs is 1. The zero-order chi connectivity index (χ0) is 20.5. The number of hydrogen-bond acceptors (Lipinski definition) is 4. The van der Waals surface area contributed by atoms with Crippen molar-refractivity contribution in [3.8, 4) is 0 Å². The Balaban J connectivity index is 1.52. The van der Waals surface area contributed by atoms with E-state index in [2.05, 4.69) is 10.4 Å². The zero-order valence-corrected chi connectivity index (χ0v) is 17.3. The third-order valence-corrected chi connectivity index (χ3v) is 5.71. The number of carbonyl (C=O) groups excluding carboxylic acids is 2. The maximum Gasteiger partial charge on any atom is 0.322 e. The summed E-state index contributed by atoms with van der Waals surface area (Å²) in [5, 5.41) is 7.85. The number of aromatic nitrogens is 2. The summed E-state index contributed by atoms with van der Waals surface area (Å²) in [4.78, 5) is 29.3. The van der Waals surface area contributed by atoms with E-state index in [0.29, 0.717) is 62.2 Å². The van der Waals surface area contributed by atoms with Gasteiger partial charge in [0.15, 0.2) is 5.69 Å². The Morgan fingerprint density at radius 1 is 1.17 bits per heavy atom. The van der Waals surface area contributed by atoms with E-state index in [1.807, 2.05) is 26.1 Å². The second-order valence-corrected chi connectivity index (χ2v) is 7.79. The fraction of sp³-hybridized carbons (Fsp3) is 0.450. The van der Waals surface area contributed by atoms with E-state index in [9.17, 15) is 9.59 Å². The summed E-state index contributed by atoms with van der Waals surface area (Å²) < 4.78 is 7.09. The van der Waals surface area contributed by atoms with Crippen LogP contribution in [-0.4, -0.2) is 64.4 Å². The van der Waals surface area contributed by atoms with Gasteiger partial charge in [0.1, 0.15) is 0 Å². The molecule has 0 aliphatic carbocycles. The highest BCUT2D eigenvalue weighted by atomic mass is 35.5. The van der Waals surface area contributed by atoms with Crippen molar-refractivity contribution >= 4 is 29.2 Å². The lowest BCUT2D eigenvalue weighted by Crippen LogP contribution is -2.42. The molecule has 0 bridgehead atoms. The monoisotopic (exact) mass is 417 g/mol. The molecule has 0 radical (unpaired) electrons. The van der Waals surface area contributed by atoms with Crippen LogP contribution in [0.4, 0.5) is 10.5 Å². The van der Waals surface area contributed by atoms with Gasteiger partial charge in [-0.1, -0.05) is 17.7 Å². The van der Waals surface area contributed by atoms with Gasteiger partial charge in [-0.25, -0.2) is 4.79 Å². The van der Waals surface area contributed by atoms with Crippen LogP contribution in [-0.2, 0) is 24.8 Å². The number of hydrogen-bond donors (Lipinski definition) is 1. The molecule has 2 aliphatic heterocycles. The lowest BCUT2D eigenvalue weighted by atomic mass is 10.0. The van der Waals surface area contributed by atoms with Crippen molar-refractivity contribution in [1.29, 1.82) is 0 Å². The average Bonchev–Trinajstić information content (AvgIpc) is 3.06. The van der Waals surface area contributed by atoms with Gasteiger partial charge >= 0.3 is 6.03 Å². The molecule has 8 nitrogen and oxygen atoms in total. The SMILES string of the molecule is Cc1ccc(NC(=O)N2CCc3c(c(C(=O)N4CCOCC4)nn3C)C2)c(Cl)c1. The quantitative estimate of drug-likeness (QED) is 0.813. The molecule has 2 aliphatic rings. The van der Waals surface area contributed by atoms with Crippen molar-refractivity contribution in [3.05, 3.63) is 45.7 Å². The van der Waals surface area contributed by atoms with Gasteiger partial charge in [0.05, 0.1) is 30.5 Å². The van der Waals surface area contributed by atoms with Gasteiger partial charge in [-0.05, 0) is 24.6 Å². The molecule has 154 valence electrons. The summed E-state index contributed by atoms with van der Waals surface area (Å²) >= 11 is 6.24. The molecule has 0 spiro atoms. The van der Waals surface area contributed by atoms with Crippen LogP contribution < -0.4 is 5.32 Å². The van der Waals surface area contributed by atoms with Gasteiger partial charge in [-0.15, -0.1) is 0 Å². The molecule has 2 aromatic rings. The molecule has 1 aromatic carbocycles. The Morgan fingerprint density at radius 3 is 2.66 bits per heavy atom. The zero-order valence-electron chi connectivity index (χ0n) is 16.6. The summed E-state index contributed by atoms with van der Waals surface area (Å²) in [6.45, 7) is 5.01. The van der Waals surface area contributed by atoms with Gasteiger partial charge in [0.2, 0.25) is 0 Å². The lowest BCUT2D eigenvalue weighted by Gasteiger charge is -2.29. The van der Waals surface area contributed by atoms with Crippen LogP contribution in [0, 0.1) is 6.92 Å². The standard InChI is InChI=1S/C20H24ClN5O3/c1-13-3-4-16(15(21)11-13)22-20(28)26-6-5-17-14(12-26)18(23-24(17)2)19(27)25-7-9-29-10-8-25/h3-4,11H,5-10,12H2,1-2H3,(H,22,28). The van der Waals surface area contributed by atoms with Crippen LogP contribution in [0.1, 0.15) is 27.3 Å². The number of anilines is 1. The molecule has 1 saturated heterocycles. The molecule has 0 saturated carbocycles. The highest BCUT2D eigenvalue weighted by molar-refractivity contribution is 6.33. The van der Waals surface area contributed by atoms with E-state index in [1.54, 1.807) is 20.5 Å². The van der Waals surface area contributed by atoms with E-state index in [-0.39, 0.29) is 11.9 Å². The first kappa shape index (κ1) is 19.7. The molecule has 3 heterocycles. The van der Waals surface area contributed by atoms with Crippen LogP contribution in [0.15, 0.2) is 18.2 Å². The van der Waals surface area contributed by atoms with E-state index in [1.165, 1.54) is 0 Å².